The van der Waals surface area contributed by atoms with Crippen molar-refractivity contribution in [1.29, 1.82) is 0 Å². The molecule has 0 radical (unpaired) electrons. The molecule has 42 heavy (non-hydrogen) atoms. The van der Waals surface area contributed by atoms with Crippen molar-refractivity contribution in [2.75, 3.05) is 20.8 Å². The molecule has 0 spiro atoms. The number of fused-ring (bicyclic) bond motifs is 1. The SMILES string of the molecule is COc1ccc(CN2Cc3nc(-c4c(F)cccc4F)nc(Cc4ccc(C5CCNC5=O)cc4)c3C2=O)c(OC)c1. The minimum Gasteiger partial charge on any atom is -0.497 e. The van der Waals surface area contributed by atoms with E-state index in [1.54, 1.807) is 31.3 Å². The molecule has 2 aliphatic heterocycles. The summed E-state index contributed by atoms with van der Waals surface area (Å²) in [5, 5.41) is 2.85. The number of aromatic nitrogens is 2. The molecule has 1 unspecified atom stereocenters. The molecule has 6 rings (SSSR count). The fraction of sp³-hybridized carbons (Fsp3) is 0.250. The van der Waals surface area contributed by atoms with Gasteiger partial charge in [-0.3, -0.25) is 9.59 Å². The number of carbonyl (C=O) groups excluding carboxylic acids is 2. The lowest BCUT2D eigenvalue weighted by Crippen LogP contribution is -2.24. The first-order valence-corrected chi connectivity index (χ1v) is 13.6. The smallest absolute Gasteiger partial charge is 0.258 e. The van der Waals surface area contributed by atoms with Crippen molar-refractivity contribution in [2.45, 2.75) is 31.8 Å². The van der Waals surface area contributed by atoms with E-state index in [0.29, 0.717) is 35.0 Å². The van der Waals surface area contributed by atoms with Crippen molar-refractivity contribution < 1.29 is 27.8 Å². The molecule has 0 bridgehead atoms. The predicted molar refractivity (Wildman–Crippen MR) is 150 cm³/mol. The third-order valence-electron chi connectivity index (χ3n) is 7.74. The fourth-order valence-electron chi connectivity index (χ4n) is 5.57. The van der Waals surface area contributed by atoms with Gasteiger partial charge in [0.2, 0.25) is 5.91 Å². The first kappa shape index (κ1) is 27.3. The Morgan fingerprint density at radius 2 is 1.71 bits per heavy atom. The highest BCUT2D eigenvalue weighted by molar-refractivity contribution is 5.99. The van der Waals surface area contributed by atoms with Gasteiger partial charge in [0.05, 0.1) is 55.7 Å². The largest absolute Gasteiger partial charge is 0.497 e. The van der Waals surface area contributed by atoms with Gasteiger partial charge in [0.15, 0.2) is 5.82 Å². The summed E-state index contributed by atoms with van der Waals surface area (Å²) >= 11 is 0. The van der Waals surface area contributed by atoms with Crippen LogP contribution >= 0.6 is 0 Å². The molecule has 0 aliphatic carbocycles. The van der Waals surface area contributed by atoms with E-state index < -0.39 is 11.6 Å². The second-order valence-corrected chi connectivity index (χ2v) is 10.3. The lowest BCUT2D eigenvalue weighted by Gasteiger charge is -2.18. The van der Waals surface area contributed by atoms with Gasteiger partial charge in [-0.15, -0.1) is 0 Å². The zero-order valence-electron chi connectivity index (χ0n) is 23.1. The van der Waals surface area contributed by atoms with E-state index >= 15 is 0 Å². The van der Waals surface area contributed by atoms with Gasteiger partial charge in [0, 0.05) is 24.6 Å². The second-order valence-electron chi connectivity index (χ2n) is 10.3. The molecule has 1 N–H and O–H groups in total. The summed E-state index contributed by atoms with van der Waals surface area (Å²) in [6, 6.07) is 16.5. The standard InChI is InChI=1S/C32H28F2N4O4/c1-41-21-11-10-20(27(15-21)42-2)16-38-17-26-29(32(38)40)25(36-30(37-26)28-23(33)4-3-5-24(28)34)14-18-6-8-19(9-7-18)22-12-13-35-31(22)39/h3-11,15,22H,12-14,16-17H2,1-2H3,(H,35,39). The minimum atomic E-state index is -0.788. The van der Waals surface area contributed by atoms with Crippen LogP contribution < -0.4 is 14.8 Å². The number of benzene rings is 3. The Hall–Kier alpha value is -4.86. The quantitative estimate of drug-likeness (QED) is 0.328. The Kier molecular flexibility index (Phi) is 7.28. The first-order chi connectivity index (χ1) is 20.4. The lowest BCUT2D eigenvalue weighted by atomic mass is 9.95. The highest BCUT2D eigenvalue weighted by atomic mass is 19.1. The van der Waals surface area contributed by atoms with Crippen molar-refractivity contribution in [3.8, 4) is 22.9 Å². The molecule has 10 heteroatoms. The van der Waals surface area contributed by atoms with Crippen LogP contribution in [0.25, 0.3) is 11.4 Å². The van der Waals surface area contributed by atoms with Gasteiger partial charge in [0.1, 0.15) is 23.1 Å². The van der Waals surface area contributed by atoms with Crippen molar-refractivity contribution in [3.63, 3.8) is 0 Å². The third-order valence-corrected chi connectivity index (χ3v) is 7.74. The van der Waals surface area contributed by atoms with Crippen molar-refractivity contribution in [1.82, 2.24) is 20.2 Å². The molecule has 1 fully saturated rings. The summed E-state index contributed by atoms with van der Waals surface area (Å²) in [7, 11) is 3.10. The van der Waals surface area contributed by atoms with Crippen LogP contribution in [0.1, 0.15) is 50.8 Å². The van der Waals surface area contributed by atoms with Crippen LogP contribution in [0.3, 0.4) is 0 Å². The number of carbonyl (C=O) groups is 2. The number of methoxy groups -OCH3 is 2. The predicted octanol–water partition coefficient (Wildman–Crippen LogP) is 4.79. The van der Waals surface area contributed by atoms with Gasteiger partial charge in [-0.2, -0.15) is 0 Å². The molecule has 1 atom stereocenters. The molecule has 8 nitrogen and oxygen atoms in total. The van der Waals surface area contributed by atoms with E-state index in [4.69, 9.17) is 9.47 Å². The Morgan fingerprint density at radius 1 is 0.952 bits per heavy atom. The van der Waals surface area contributed by atoms with Crippen LogP contribution in [0.4, 0.5) is 8.78 Å². The van der Waals surface area contributed by atoms with Crippen LogP contribution in [-0.4, -0.2) is 47.4 Å². The summed E-state index contributed by atoms with van der Waals surface area (Å²) in [6.07, 6.45) is 0.967. The van der Waals surface area contributed by atoms with Gasteiger partial charge in [-0.25, -0.2) is 18.7 Å². The molecule has 2 amide bonds. The van der Waals surface area contributed by atoms with Crippen LogP contribution in [0, 0.1) is 11.6 Å². The molecular formula is C32H28F2N4O4. The molecule has 3 heterocycles. The molecular weight excluding hydrogens is 542 g/mol. The van der Waals surface area contributed by atoms with Crippen LogP contribution in [-0.2, 0) is 24.3 Å². The van der Waals surface area contributed by atoms with E-state index in [9.17, 15) is 18.4 Å². The highest BCUT2D eigenvalue weighted by Gasteiger charge is 2.34. The van der Waals surface area contributed by atoms with Gasteiger partial charge in [-0.05, 0) is 41.8 Å². The maximum Gasteiger partial charge on any atom is 0.258 e. The molecule has 2 aliphatic rings. The number of hydrogen-bond donors (Lipinski definition) is 1. The van der Waals surface area contributed by atoms with Crippen LogP contribution in [0.2, 0.25) is 0 Å². The maximum absolute atomic E-state index is 14.8. The van der Waals surface area contributed by atoms with E-state index in [1.165, 1.54) is 6.07 Å². The summed E-state index contributed by atoms with van der Waals surface area (Å²) < 4.78 is 40.4. The monoisotopic (exact) mass is 570 g/mol. The number of rotatable bonds is 8. The van der Waals surface area contributed by atoms with Crippen molar-refractivity contribution >= 4 is 11.8 Å². The minimum absolute atomic E-state index is 0.00658. The number of ether oxygens (including phenoxy) is 2. The topological polar surface area (TPSA) is 93.6 Å². The molecule has 214 valence electrons. The lowest BCUT2D eigenvalue weighted by molar-refractivity contribution is -0.120. The highest BCUT2D eigenvalue weighted by Crippen LogP contribution is 2.33. The zero-order valence-corrected chi connectivity index (χ0v) is 23.1. The van der Waals surface area contributed by atoms with Gasteiger partial charge in [0.25, 0.3) is 5.91 Å². The average molecular weight is 571 g/mol. The number of nitrogens with zero attached hydrogens (tertiary/aromatic N) is 3. The van der Waals surface area contributed by atoms with E-state index in [-0.39, 0.29) is 48.6 Å². The molecule has 3 aromatic carbocycles. The number of halogens is 2. The Bertz CT molecular complexity index is 1670. The fourth-order valence-corrected chi connectivity index (χ4v) is 5.57. The average Bonchev–Trinajstić information content (AvgIpc) is 3.56. The van der Waals surface area contributed by atoms with Gasteiger partial charge < -0.3 is 19.7 Å². The van der Waals surface area contributed by atoms with Crippen molar-refractivity contribution in [2.24, 2.45) is 0 Å². The van der Waals surface area contributed by atoms with Gasteiger partial charge in [-0.1, -0.05) is 30.3 Å². The number of hydrogen-bond acceptors (Lipinski definition) is 6. The van der Waals surface area contributed by atoms with Crippen molar-refractivity contribution in [3.05, 3.63) is 106 Å². The van der Waals surface area contributed by atoms with Crippen LogP contribution in [0.5, 0.6) is 11.5 Å². The second kappa shape index (κ2) is 11.2. The molecule has 1 aromatic heterocycles. The van der Waals surface area contributed by atoms with Gasteiger partial charge >= 0.3 is 0 Å². The summed E-state index contributed by atoms with van der Waals surface area (Å²) in [5.41, 5.74) is 3.26. The van der Waals surface area contributed by atoms with E-state index in [2.05, 4.69) is 15.3 Å². The maximum atomic E-state index is 14.8. The normalized spacial score (nSPS) is 16.0. The summed E-state index contributed by atoms with van der Waals surface area (Å²) in [6.45, 7) is 1.01. The molecule has 1 saturated heterocycles. The zero-order chi connectivity index (χ0) is 29.4. The summed E-state index contributed by atoms with van der Waals surface area (Å²) in [4.78, 5) is 36.5. The van der Waals surface area contributed by atoms with E-state index in [0.717, 1.165) is 35.2 Å². The Morgan fingerprint density at radius 3 is 2.38 bits per heavy atom. The number of nitrogens with one attached hydrogen (secondary N) is 1. The Labute approximate surface area is 241 Å². The first-order valence-electron chi connectivity index (χ1n) is 13.6. The van der Waals surface area contributed by atoms with E-state index in [1.807, 2.05) is 30.3 Å². The van der Waals surface area contributed by atoms with Crippen LogP contribution in [0.15, 0.2) is 60.7 Å². The Balaban J connectivity index is 1.37. The molecule has 0 saturated carbocycles. The molecule has 4 aromatic rings. The number of amides is 2. The summed E-state index contributed by atoms with van der Waals surface area (Å²) in [5.74, 6) is -0.970. The third kappa shape index (κ3) is 5.04.